The van der Waals surface area contributed by atoms with Gasteiger partial charge in [-0.3, -0.25) is 0 Å². The molecule has 1 atom stereocenters. The number of imidazole rings is 1. The Morgan fingerprint density at radius 1 is 1.32 bits per heavy atom. The maximum absolute atomic E-state index is 6.14. The predicted molar refractivity (Wildman–Crippen MR) is 88.9 cm³/mol. The van der Waals surface area contributed by atoms with Gasteiger partial charge in [0.05, 0.1) is 17.1 Å². The van der Waals surface area contributed by atoms with Crippen molar-refractivity contribution in [3.05, 3.63) is 41.4 Å². The number of nitrogen functional groups attached to an aromatic ring is 1. The van der Waals surface area contributed by atoms with Crippen LogP contribution in [-0.2, 0) is 6.54 Å². The van der Waals surface area contributed by atoms with Crippen molar-refractivity contribution in [3.8, 4) is 0 Å². The minimum atomic E-state index is -0.0702. The number of fused-ring (bicyclic) bond motifs is 1. The lowest BCUT2D eigenvalue weighted by atomic mass is 10.3. The number of nitrogens with two attached hydrogens (primary N) is 1. The zero-order valence-electron chi connectivity index (χ0n) is 12.4. The molecule has 1 aromatic carbocycles. The first-order valence-corrected chi connectivity index (χ1v) is 7.47. The van der Waals surface area contributed by atoms with Crippen LogP contribution in [0.2, 0.25) is 5.02 Å². The van der Waals surface area contributed by atoms with Crippen LogP contribution in [0.4, 0.5) is 11.6 Å². The molecule has 22 heavy (non-hydrogen) atoms. The summed E-state index contributed by atoms with van der Waals surface area (Å²) < 4.78 is 2.17. The molecule has 0 saturated carbocycles. The molecule has 0 aliphatic heterocycles. The monoisotopic (exact) mass is 316 g/mol. The second kappa shape index (κ2) is 5.81. The van der Waals surface area contributed by atoms with Crippen molar-refractivity contribution in [1.29, 1.82) is 0 Å². The largest absolute Gasteiger partial charge is 0.382 e. The molecule has 7 heteroatoms. The molecular formula is C15H17ClN6. The van der Waals surface area contributed by atoms with E-state index in [1.165, 1.54) is 6.33 Å². The average molecular weight is 317 g/mol. The fraction of sp³-hybridized carbons (Fsp3) is 0.267. The summed E-state index contributed by atoms with van der Waals surface area (Å²) in [6.07, 6.45) is 1.39. The lowest BCUT2D eigenvalue weighted by molar-refractivity contribution is 0.672. The van der Waals surface area contributed by atoms with Crippen molar-refractivity contribution in [2.24, 2.45) is 0 Å². The highest BCUT2D eigenvalue weighted by Gasteiger charge is 2.17. The highest BCUT2D eigenvalue weighted by atomic mass is 35.5. The van der Waals surface area contributed by atoms with E-state index in [4.69, 9.17) is 22.3 Å². The standard InChI is InChI=1S/C15H17ClN6/c1-3-22-11-7-5-4-6-10(11)21-15(22)9(2)20-14-12(16)13(17)18-8-19-14/h4-9H,3H2,1-2H3,(H3,17,18,19,20). The normalized spacial score (nSPS) is 12.5. The van der Waals surface area contributed by atoms with Gasteiger partial charge in [-0.15, -0.1) is 0 Å². The fourth-order valence-corrected chi connectivity index (χ4v) is 2.66. The third-order valence-electron chi connectivity index (χ3n) is 3.56. The zero-order valence-corrected chi connectivity index (χ0v) is 13.2. The van der Waals surface area contributed by atoms with E-state index < -0.39 is 0 Å². The molecule has 2 heterocycles. The number of aryl methyl sites for hydroxylation is 1. The first kappa shape index (κ1) is 14.6. The number of nitrogens with zero attached hydrogens (tertiary/aromatic N) is 4. The van der Waals surface area contributed by atoms with Crippen molar-refractivity contribution in [2.75, 3.05) is 11.1 Å². The molecular weight excluding hydrogens is 300 g/mol. The van der Waals surface area contributed by atoms with Crippen molar-refractivity contribution in [1.82, 2.24) is 19.5 Å². The van der Waals surface area contributed by atoms with E-state index in [9.17, 15) is 0 Å². The topological polar surface area (TPSA) is 81.7 Å². The van der Waals surface area contributed by atoms with Crippen LogP contribution >= 0.6 is 11.6 Å². The third kappa shape index (κ3) is 2.46. The van der Waals surface area contributed by atoms with Gasteiger partial charge in [-0.2, -0.15) is 0 Å². The Kier molecular flexibility index (Phi) is 3.85. The highest BCUT2D eigenvalue weighted by Crippen LogP contribution is 2.28. The molecule has 1 unspecified atom stereocenters. The van der Waals surface area contributed by atoms with Crippen LogP contribution in [0, 0.1) is 0 Å². The van der Waals surface area contributed by atoms with Crippen molar-refractivity contribution in [2.45, 2.75) is 26.4 Å². The Morgan fingerprint density at radius 2 is 2.09 bits per heavy atom. The lowest BCUT2D eigenvalue weighted by Gasteiger charge is -2.16. The molecule has 0 fully saturated rings. The molecule has 3 aromatic rings. The van der Waals surface area contributed by atoms with Gasteiger partial charge < -0.3 is 15.6 Å². The maximum Gasteiger partial charge on any atom is 0.151 e. The smallest absolute Gasteiger partial charge is 0.151 e. The van der Waals surface area contributed by atoms with E-state index in [2.05, 4.69) is 32.8 Å². The Balaban J connectivity index is 1.98. The summed E-state index contributed by atoms with van der Waals surface area (Å²) in [5.41, 5.74) is 7.79. The molecule has 2 aromatic heterocycles. The number of halogens is 1. The van der Waals surface area contributed by atoms with Crippen LogP contribution in [0.25, 0.3) is 11.0 Å². The van der Waals surface area contributed by atoms with Crippen LogP contribution in [0.1, 0.15) is 25.7 Å². The van der Waals surface area contributed by atoms with Crippen LogP contribution in [0.15, 0.2) is 30.6 Å². The van der Waals surface area contributed by atoms with Gasteiger partial charge >= 0.3 is 0 Å². The molecule has 0 radical (unpaired) electrons. The van der Waals surface area contributed by atoms with Gasteiger partial charge in [0.2, 0.25) is 0 Å². The van der Waals surface area contributed by atoms with Crippen molar-refractivity contribution in [3.63, 3.8) is 0 Å². The number of para-hydroxylation sites is 2. The summed E-state index contributed by atoms with van der Waals surface area (Å²) in [7, 11) is 0. The van der Waals surface area contributed by atoms with E-state index >= 15 is 0 Å². The summed E-state index contributed by atoms with van der Waals surface area (Å²) in [6.45, 7) is 4.95. The predicted octanol–water partition coefficient (Wildman–Crippen LogP) is 3.25. The summed E-state index contributed by atoms with van der Waals surface area (Å²) in [6, 6.07) is 8.00. The lowest BCUT2D eigenvalue weighted by Crippen LogP contribution is -2.15. The van der Waals surface area contributed by atoms with Gasteiger partial charge in [0.15, 0.2) is 5.82 Å². The summed E-state index contributed by atoms with van der Waals surface area (Å²) in [5.74, 6) is 1.70. The van der Waals surface area contributed by atoms with E-state index in [1.807, 2.05) is 25.1 Å². The summed E-state index contributed by atoms with van der Waals surface area (Å²) in [4.78, 5) is 12.7. The van der Waals surface area contributed by atoms with Gasteiger partial charge in [-0.25, -0.2) is 15.0 Å². The van der Waals surface area contributed by atoms with Crippen molar-refractivity contribution < 1.29 is 0 Å². The first-order valence-electron chi connectivity index (χ1n) is 7.09. The van der Waals surface area contributed by atoms with Crippen molar-refractivity contribution >= 4 is 34.3 Å². The molecule has 0 amide bonds. The van der Waals surface area contributed by atoms with E-state index in [0.29, 0.717) is 10.8 Å². The van der Waals surface area contributed by atoms with Crippen LogP contribution in [0.5, 0.6) is 0 Å². The van der Waals surface area contributed by atoms with Gasteiger partial charge in [-0.1, -0.05) is 23.7 Å². The average Bonchev–Trinajstić information content (AvgIpc) is 2.90. The Morgan fingerprint density at radius 3 is 2.86 bits per heavy atom. The third-order valence-corrected chi connectivity index (χ3v) is 3.93. The number of hydrogen-bond donors (Lipinski definition) is 2. The molecule has 3 rings (SSSR count). The minimum absolute atomic E-state index is 0.0702. The Hall–Kier alpha value is -2.34. The molecule has 3 N–H and O–H groups in total. The molecule has 0 aliphatic carbocycles. The van der Waals surface area contributed by atoms with E-state index in [0.717, 1.165) is 23.4 Å². The fourth-order valence-electron chi connectivity index (χ4n) is 2.51. The first-order chi connectivity index (χ1) is 10.6. The second-order valence-electron chi connectivity index (χ2n) is 4.99. The molecule has 0 saturated heterocycles. The Labute approximate surface area is 133 Å². The van der Waals surface area contributed by atoms with Gasteiger partial charge in [0.1, 0.15) is 23.0 Å². The molecule has 6 nitrogen and oxygen atoms in total. The van der Waals surface area contributed by atoms with Crippen LogP contribution in [0.3, 0.4) is 0 Å². The number of aromatic nitrogens is 4. The minimum Gasteiger partial charge on any atom is -0.382 e. The van der Waals surface area contributed by atoms with E-state index in [-0.39, 0.29) is 11.9 Å². The highest BCUT2D eigenvalue weighted by molar-refractivity contribution is 6.35. The van der Waals surface area contributed by atoms with Gasteiger partial charge in [0, 0.05) is 6.54 Å². The molecule has 114 valence electrons. The number of hydrogen-bond acceptors (Lipinski definition) is 5. The van der Waals surface area contributed by atoms with Crippen LogP contribution in [-0.4, -0.2) is 19.5 Å². The van der Waals surface area contributed by atoms with E-state index in [1.54, 1.807) is 0 Å². The maximum atomic E-state index is 6.14. The van der Waals surface area contributed by atoms with Crippen LogP contribution < -0.4 is 11.1 Å². The Bertz CT molecular complexity index is 813. The van der Waals surface area contributed by atoms with Gasteiger partial charge in [0.25, 0.3) is 0 Å². The molecule has 0 spiro atoms. The van der Waals surface area contributed by atoms with Gasteiger partial charge in [-0.05, 0) is 26.0 Å². The SMILES string of the molecule is CCn1c(C(C)Nc2ncnc(N)c2Cl)nc2ccccc21. The zero-order chi connectivity index (χ0) is 15.7. The number of benzene rings is 1. The summed E-state index contributed by atoms with van der Waals surface area (Å²) in [5, 5.41) is 3.58. The quantitative estimate of drug-likeness (QED) is 0.772. The number of nitrogens with one attached hydrogen (secondary N) is 1. The number of anilines is 2. The summed E-state index contributed by atoms with van der Waals surface area (Å²) >= 11 is 6.14. The number of rotatable bonds is 4. The molecule has 0 aliphatic rings. The molecule has 0 bridgehead atoms. The second-order valence-corrected chi connectivity index (χ2v) is 5.37.